The number of methoxy groups -OCH3 is 1. The van der Waals surface area contributed by atoms with Crippen molar-refractivity contribution in [1.82, 2.24) is 4.90 Å². The number of hydrogen-bond acceptors (Lipinski definition) is 5. The molecule has 128 valence electrons. The van der Waals surface area contributed by atoms with Gasteiger partial charge >= 0.3 is 12.1 Å². The van der Waals surface area contributed by atoms with E-state index in [9.17, 15) is 18.0 Å². The first-order valence-electron chi connectivity index (χ1n) is 7.16. The average Bonchev–Trinajstić information content (AvgIpc) is 2.89. The SMILES string of the molecule is COC(=O)/C(C#N)=C1\CC[C@@H](Nc2cccc(C(F)(F)F)c2)N1C. The van der Waals surface area contributed by atoms with E-state index in [2.05, 4.69) is 10.1 Å². The monoisotopic (exact) mass is 339 g/mol. The maximum atomic E-state index is 12.8. The average molecular weight is 339 g/mol. The lowest BCUT2D eigenvalue weighted by Crippen LogP contribution is -2.32. The summed E-state index contributed by atoms with van der Waals surface area (Å²) >= 11 is 0. The van der Waals surface area contributed by atoms with E-state index in [-0.39, 0.29) is 11.7 Å². The van der Waals surface area contributed by atoms with E-state index in [1.54, 1.807) is 11.9 Å². The van der Waals surface area contributed by atoms with Crippen LogP contribution in [0.4, 0.5) is 18.9 Å². The number of halogens is 3. The fourth-order valence-corrected chi connectivity index (χ4v) is 2.61. The minimum atomic E-state index is -4.41. The Bertz CT molecular complexity index is 707. The molecule has 1 aliphatic rings. The van der Waals surface area contributed by atoms with Gasteiger partial charge in [-0.1, -0.05) is 6.07 Å². The van der Waals surface area contributed by atoms with Crippen LogP contribution in [0, 0.1) is 11.3 Å². The lowest BCUT2D eigenvalue weighted by Gasteiger charge is -2.25. The normalized spacial score (nSPS) is 19.7. The van der Waals surface area contributed by atoms with Crippen LogP contribution in [0.5, 0.6) is 0 Å². The van der Waals surface area contributed by atoms with Crippen LogP contribution in [0.1, 0.15) is 18.4 Å². The van der Waals surface area contributed by atoms with Crippen molar-refractivity contribution >= 4 is 11.7 Å². The minimum Gasteiger partial charge on any atom is -0.465 e. The number of carbonyl (C=O) groups is 1. The van der Waals surface area contributed by atoms with Crippen molar-refractivity contribution in [2.24, 2.45) is 0 Å². The highest BCUT2D eigenvalue weighted by Crippen LogP contribution is 2.33. The third-order valence-corrected chi connectivity index (χ3v) is 3.86. The van der Waals surface area contributed by atoms with Gasteiger partial charge in [0, 0.05) is 18.4 Å². The van der Waals surface area contributed by atoms with E-state index >= 15 is 0 Å². The Labute approximate surface area is 137 Å². The van der Waals surface area contributed by atoms with Crippen LogP contribution in [0.3, 0.4) is 0 Å². The fourth-order valence-electron chi connectivity index (χ4n) is 2.61. The Balaban J connectivity index is 2.20. The molecule has 1 N–H and O–H groups in total. The number of ether oxygens (including phenoxy) is 1. The molecule has 1 atom stereocenters. The van der Waals surface area contributed by atoms with Gasteiger partial charge in [0.15, 0.2) is 5.57 Å². The molecule has 0 spiro atoms. The zero-order valence-electron chi connectivity index (χ0n) is 13.1. The highest BCUT2D eigenvalue weighted by Gasteiger charge is 2.32. The summed E-state index contributed by atoms with van der Waals surface area (Å²) < 4.78 is 42.9. The van der Waals surface area contributed by atoms with Crippen molar-refractivity contribution in [3.63, 3.8) is 0 Å². The maximum Gasteiger partial charge on any atom is 0.416 e. The van der Waals surface area contributed by atoms with Gasteiger partial charge in [-0.25, -0.2) is 4.79 Å². The summed E-state index contributed by atoms with van der Waals surface area (Å²) in [6.45, 7) is 0. The molecule has 0 aromatic heterocycles. The molecule has 1 aromatic rings. The second-order valence-corrected chi connectivity index (χ2v) is 5.31. The van der Waals surface area contributed by atoms with Crippen LogP contribution in [-0.4, -0.2) is 31.2 Å². The smallest absolute Gasteiger partial charge is 0.416 e. The van der Waals surface area contributed by atoms with Crippen molar-refractivity contribution in [2.75, 3.05) is 19.5 Å². The highest BCUT2D eigenvalue weighted by atomic mass is 19.4. The molecule has 8 heteroatoms. The molecular formula is C16H16F3N3O2. The van der Waals surface area contributed by atoms with Crippen LogP contribution in [0.25, 0.3) is 0 Å². The first kappa shape index (κ1) is 17.7. The zero-order valence-corrected chi connectivity index (χ0v) is 13.1. The molecule has 1 saturated heterocycles. The topological polar surface area (TPSA) is 65.4 Å². The first-order chi connectivity index (χ1) is 11.3. The van der Waals surface area contributed by atoms with Gasteiger partial charge in [0.1, 0.15) is 6.07 Å². The summed E-state index contributed by atoms with van der Waals surface area (Å²) in [4.78, 5) is 13.3. The van der Waals surface area contributed by atoms with E-state index in [4.69, 9.17) is 5.26 Å². The maximum absolute atomic E-state index is 12.8. The Morgan fingerprint density at radius 3 is 2.75 bits per heavy atom. The summed E-state index contributed by atoms with van der Waals surface area (Å²) in [5.74, 6) is -0.723. The Morgan fingerprint density at radius 2 is 2.17 bits per heavy atom. The number of alkyl halides is 3. The van der Waals surface area contributed by atoms with Gasteiger partial charge in [-0.05, 0) is 31.0 Å². The molecule has 0 aliphatic carbocycles. The third kappa shape index (κ3) is 3.62. The number of allylic oxidation sites excluding steroid dienone is 1. The van der Waals surface area contributed by atoms with Gasteiger partial charge < -0.3 is 15.0 Å². The van der Waals surface area contributed by atoms with Gasteiger partial charge in [0.2, 0.25) is 0 Å². The number of esters is 1. The summed E-state index contributed by atoms with van der Waals surface area (Å²) in [7, 11) is 2.86. The van der Waals surface area contributed by atoms with Gasteiger partial charge in [0.05, 0.1) is 18.8 Å². The van der Waals surface area contributed by atoms with Crippen molar-refractivity contribution in [3.05, 3.63) is 41.1 Å². The van der Waals surface area contributed by atoms with Crippen LogP contribution >= 0.6 is 0 Å². The largest absolute Gasteiger partial charge is 0.465 e. The summed E-state index contributed by atoms with van der Waals surface area (Å²) in [5, 5.41) is 12.1. The van der Waals surface area contributed by atoms with Gasteiger partial charge in [-0.3, -0.25) is 0 Å². The van der Waals surface area contributed by atoms with Crippen molar-refractivity contribution in [1.29, 1.82) is 5.26 Å². The first-order valence-corrected chi connectivity index (χ1v) is 7.16. The number of nitrogens with one attached hydrogen (secondary N) is 1. The van der Waals surface area contributed by atoms with Crippen LogP contribution in [0.15, 0.2) is 35.5 Å². The molecule has 0 radical (unpaired) electrons. The Morgan fingerprint density at radius 1 is 1.46 bits per heavy atom. The van der Waals surface area contributed by atoms with Gasteiger partial charge in [0.25, 0.3) is 0 Å². The third-order valence-electron chi connectivity index (χ3n) is 3.86. The van der Waals surface area contributed by atoms with E-state index in [0.29, 0.717) is 24.2 Å². The molecule has 0 unspecified atom stereocenters. The van der Waals surface area contributed by atoms with E-state index < -0.39 is 17.7 Å². The summed E-state index contributed by atoms with van der Waals surface area (Å²) in [6.07, 6.45) is -3.74. The van der Waals surface area contributed by atoms with Crippen LogP contribution in [0.2, 0.25) is 0 Å². The summed E-state index contributed by atoms with van der Waals surface area (Å²) in [5.41, 5.74) is -0.00198. The zero-order chi connectivity index (χ0) is 17.9. The van der Waals surface area contributed by atoms with E-state index in [1.807, 2.05) is 6.07 Å². The number of nitriles is 1. The molecule has 1 aliphatic heterocycles. The van der Waals surface area contributed by atoms with Crippen molar-refractivity contribution < 1.29 is 22.7 Å². The number of nitrogens with zero attached hydrogens (tertiary/aromatic N) is 2. The molecule has 0 bridgehead atoms. The fraction of sp³-hybridized carbons (Fsp3) is 0.375. The molecule has 0 saturated carbocycles. The number of carbonyl (C=O) groups excluding carboxylic acids is 1. The molecular weight excluding hydrogens is 323 g/mol. The van der Waals surface area contributed by atoms with Crippen molar-refractivity contribution in [3.8, 4) is 6.07 Å². The molecule has 1 aromatic carbocycles. The van der Waals surface area contributed by atoms with Crippen LogP contribution < -0.4 is 5.32 Å². The summed E-state index contributed by atoms with van der Waals surface area (Å²) in [6, 6.07) is 6.72. The molecule has 5 nitrogen and oxygen atoms in total. The molecule has 24 heavy (non-hydrogen) atoms. The second kappa shape index (κ2) is 6.83. The number of hydrogen-bond donors (Lipinski definition) is 1. The predicted octanol–water partition coefficient (Wildman–Crippen LogP) is 3.12. The molecule has 1 heterocycles. The lowest BCUT2D eigenvalue weighted by atomic mass is 10.2. The van der Waals surface area contributed by atoms with Gasteiger partial charge in [-0.2, -0.15) is 18.4 Å². The molecule has 1 fully saturated rings. The van der Waals surface area contributed by atoms with Crippen LogP contribution in [-0.2, 0) is 15.7 Å². The van der Waals surface area contributed by atoms with Crippen molar-refractivity contribution in [2.45, 2.75) is 25.2 Å². The number of benzene rings is 1. The van der Waals surface area contributed by atoms with Gasteiger partial charge in [-0.15, -0.1) is 0 Å². The molecule has 2 rings (SSSR count). The quantitative estimate of drug-likeness (QED) is 0.521. The minimum absolute atomic E-state index is 0.0895. The standard InChI is InChI=1S/C16H16F3N3O2/c1-22-13(12(9-20)15(23)24-2)6-7-14(22)21-11-5-3-4-10(8-11)16(17,18)19/h3-5,8,14,21H,6-7H2,1-2H3/b13-12+/t14-/m0/s1. The number of rotatable bonds is 3. The highest BCUT2D eigenvalue weighted by molar-refractivity contribution is 5.93. The van der Waals surface area contributed by atoms with E-state index in [1.165, 1.54) is 19.2 Å². The Kier molecular flexibility index (Phi) is 5.02. The predicted molar refractivity (Wildman–Crippen MR) is 80.5 cm³/mol. The Hall–Kier alpha value is -2.69. The number of likely N-dealkylation sites (tertiary alicyclic amines) is 1. The second-order valence-electron chi connectivity index (χ2n) is 5.31. The molecule has 0 amide bonds. The lowest BCUT2D eigenvalue weighted by molar-refractivity contribution is -0.137. The number of anilines is 1. The van der Waals surface area contributed by atoms with E-state index in [0.717, 1.165) is 12.1 Å².